The first kappa shape index (κ1) is 14.5. The predicted molar refractivity (Wildman–Crippen MR) is 73.9 cm³/mol. The van der Waals surface area contributed by atoms with Crippen LogP contribution in [0.3, 0.4) is 0 Å². The van der Waals surface area contributed by atoms with Gasteiger partial charge in [-0.2, -0.15) is 0 Å². The van der Waals surface area contributed by atoms with Gasteiger partial charge in [-0.15, -0.1) is 0 Å². The lowest BCUT2D eigenvalue weighted by Gasteiger charge is -2.34. The Morgan fingerprint density at radius 2 is 2.30 bits per heavy atom. The molecule has 0 bridgehead atoms. The summed E-state index contributed by atoms with van der Waals surface area (Å²) >= 11 is 0. The van der Waals surface area contributed by atoms with Crippen LogP contribution in [0.4, 0.5) is 0 Å². The van der Waals surface area contributed by atoms with Crippen LogP contribution in [0.15, 0.2) is 24.5 Å². The van der Waals surface area contributed by atoms with Gasteiger partial charge in [0.2, 0.25) is 5.91 Å². The molecule has 1 aliphatic heterocycles. The molecule has 0 saturated carbocycles. The third-order valence-electron chi connectivity index (χ3n) is 3.46. The molecule has 0 N–H and O–H groups in total. The summed E-state index contributed by atoms with van der Waals surface area (Å²) < 4.78 is 5.07. The van der Waals surface area contributed by atoms with E-state index < -0.39 is 6.04 Å². The maximum absolute atomic E-state index is 12.4. The highest BCUT2D eigenvalue weighted by Crippen LogP contribution is 2.19. The molecule has 1 atom stereocenters. The summed E-state index contributed by atoms with van der Waals surface area (Å²) in [4.78, 5) is 30.0. The van der Waals surface area contributed by atoms with Crippen LogP contribution in [0.5, 0.6) is 0 Å². The standard InChI is InChI=1S/C15H20N2O3/c1-2-20-15(19)13-7-3-4-9-17(13)14(18)10-12-6-5-8-16-11-12/h5-6,8,11,13H,2-4,7,9-10H2,1H3. The van der Waals surface area contributed by atoms with E-state index in [9.17, 15) is 9.59 Å². The molecule has 1 aliphatic rings. The van der Waals surface area contributed by atoms with E-state index in [4.69, 9.17) is 4.74 Å². The fraction of sp³-hybridized carbons (Fsp3) is 0.533. The second kappa shape index (κ2) is 7.03. The monoisotopic (exact) mass is 276 g/mol. The zero-order valence-electron chi connectivity index (χ0n) is 11.7. The number of hydrogen-bond acceptors (Lipinski definition) is 4. The molecule has 1 amide bonds. The summed E-state index contributed by atoms with van der Waals surface area (Å²) in [5, 5.41) is 0. The predicted octanol–water partition coefficient (Wildman–Crippen LogP) is 1.57. The first-order valence-electron chi connectivity index (χ1n) is 7.07. The highest BCUT2D eigenvalue weighted by atomic mass is 16.5. The molecule has 0 aromatic carbocycles. The van der Waals surface area contributed by atoms with Crippen molar-refractivity contribution >= 4 is 11.9 Å². The van der Waals surface area contributed by atoms with E-state index in [1.807, 2.05) is 12.1 Å². The molecule has 2 heterocycles. The summed E-state index contributed by atoms with van der Waals surface area (Å²) in [5.74, 6) is -0.317. The lowest BCUT2D eigenvalue weighted by atomic mass is 10.0. The van der Waals surface area contributed by atoms with Crippen molar-refractivity contribution in [2.75, 3.05) is 13.2 Å². The van der Waals surface area contributed by atoms with Gasteiger partial charge < -0.3 is 9.64 Å². The van der Waals surface area contributed by atoms with Crippen molar-refractivity contribution in [1.29, 1.82) is 0 Å². The highest BCUT2D eigenvalue weighted by Gasteiger charge is 2.32. The van der Waals surface area contributed by atoms with E-state index in [-0.39, 0.29) is 18.3 Å². The number of aromatic nitrogens is 1. The number of pyridine rings is 1. The molecule has 1 unspecified atom stereocenters. The Morgan fingerprint density at radius 3 is 3.00 bits per heavy atom. The van der Waals surface area contributed by atoms with Crippen LogP contribution >= 0.6 is 0 Å². The minimum Gasteiger partial charge on any atom is -0.464 e. The first-order chi connectivity index (χ1) is 9.72. The SMILES string of the molecule is CCOC(=O)C1CCCCN1C(=O)Cc1cccnc1. The van der Waals surface area contributed by atoms with Gasteiger partial charge >= 0.3 is 5.97 Å². The Kier molecular flexibility index (Phi) is 5.09. The van der Waals surface area contributed by atoms with Crippen LogP contribution in [0.2, 0.25) is 0 Å². The van der Waals surface area contributed by atoms with Crippen LogP contribution in [0.1, 0.15) is 31.7 Å². The lowest BCUT2D eigenvalue weighted by molar-refractivity contribution is -0.156. The van der Waals surface area contributed by atoms with Crippen molar-refractivity contribution in [3.8, 4) is 0 Å². The molecule has 1 aromatic rings. The van der Waals surface area contributed by atoms with Gasteiger partial charge in [0.15, 0.2) is 0 Å². The van der Waals surface area contributed by atoms with Gasteiger partial charge in [0.1, 0.15) is 6.04 Å². The van der Waals surface area contributed by atoms with E-state index in [0.29, 0.717) is 19.6 Å². The summed E-state index contributed by atoms with van der Waals surface area (Å²) in [7, 11) is 0. The smallest absolute Gasteiger partial charge is 0.328 e. The molecular formula is C15H20N2O3. The van der Waals surface area contributed by atoms with E-state index in [1.165, 1.54) is 0 Å². The average molecular weight is 276 g/mol. The second-order valence-corrected chi connectivity index (χ2v) is 4.89. The maximum atomic E-state index is 12.4. The number of carbonyl (C=O) groups is 2. The van der Waals surface area contributed by atoms with Gasteiger partial charge in [-0.3, -0.25) is 9.78 Å². The third kappa shape index (κ3) is 3.56. The highest BCUT2D eigenvalue weighted by molar-refractivity contribution is 5.86. The number of likely N-dealkylation sites (tertiary alicyclic amines) is 1. The van der Waals surface area contributed by atoms with Crippen molar-refractivity contribution in [2.45, 2.75) is 38.6 Å². The third-order valence-corrected chi connectivity index (χ3v) is 3.46. The first-order valence-corrected chi connectivity index (χ1v) is 7.07. The Balaban J connectivity index is 2.03. The molecule has 0 aliphatic carbocycles. The molecule has 2 rings (SSSR count). The Morgan fingerprint density at radius 1 is 1.45 bits per heavy atom. The van der Waals surface area contributed by atoms with Crippen LogP contribution in [0.25, 0.3) is 0 Å². The number of piperidine rings is 1. The lowest BCUT2D eigenvalue weighted by Crippen LogP contribution is -2.49. The fourth-order valence-electron chi connectivity index (χ4n) is 2.49. The van der Waals surface area contributed by atoms with Gasteiger partial charge in [0, 0.05) is 18.9 Å². The number of rotatable bonds is 4. The molecule has 1 fully saturated rings. The van der Waals surface area contributed by atoms with E-state index in [1.54, 1.807) is 24.2 Å². The van der Waals surface area contributed by atoms with Gasteiger partial charge in [0.05, 0.1) is 13.0 Å². The normalized spacial score (nSPS) is 18.6. The van der Waals surface area contributed by atoms with Crippen LogP contribution in [-0.2, 0) is 20.7 Å². The van der Waals surface area contributed by atoms with Crippen molar-refractivity contribution in [2.24, 2.45) is 0 Å². The Labute approximate surface area is 118 Å². The van der Waals surface area contributed by atoms with Crippen LogP contribution in [0, 0.1) is 0 Å². The number of nitrogens with zero attached hydrogens (tertiary/aromatic N) is 2. The van der Waals surface area contributed by atoms with E-state index in [0.717, 1.165) is 18.4 Å². The maximum Gasteiger partial charge on any atom is 0.328 e. The number of amides is 1. The van der Waals surface area contributed by atoms with Gasteiger partial charge in [0.25, 0.3) is 0 Å². The van der Waals surface area contributed by atoms with Crippen LogP contribution < -0.4 is 0 Å². The molecule has 0 radical (unpaired) electrons. The molecule has 1 saturated heterocycles. The quantitative estimate of drug-likeness (QED) is 0.783. The molecule has 1 aromatic heterocycles. The Bertz CT molecular complexity index is 461. The molecule has 108 valence electrons. The van der Waals surface area contributed by atoms with Gasteiger partial charge in [-0.1, -0.05) is 6.07 Å². The zero-order chi connectivity index (χ0) is 14.4. The molecule has 5 nitrogen and oxygen atoms in total. The summed E-state index contributed by atoms with van der Waals surface area (Å²) in [6, 6.07) is 3.25. The van der Waals surface area contributed by atoms with Gasteiger partial charge in [-0.05, 0) is 37.8 Å². The number of ether oxygens (including phenoxy) is 1. The van der Waals surface area contributed by atoms with Crippen molar-refractivity contribution in [3.05, 3.63) is 30.1 Å². The molecule has 5 heteroatoms. The minimum atomic E-state index is -0.423. The van der Waals surface area contributed by atoms with Crippen molar-refractivity contribution in [1.82, 2.24) is 9.88 Å². The zero-order valence-corrected chi connectivity index (χ0v) is 11.7. The van der Waals surface area contributed by atoms with Gasteiger partial charge in [-0.25, -0.2) is 4.79 Å². The molecule has 20 heavy (non-hydrogen) atoms. The summed E-state index contributed by atoms with van der Waals surface area (Å²) in [6.45, 7) is 2.76. The number of carbonyl (C=O) groups excluding carboxylic acids is 2. The van der Waals surface area contributed by atoms with Crippen molar-refractivity contribution < 1.29 is 14.3 Å². The molecule has 0 spiro atoms. The van der Waals surface area contributed by atoms with Crippen molar-refractivity contribution in [3.63, 3.8) is 0 Å². The topological polar surface area (TPSA) is 59.5 Å². The minimum absolute atomic E-state index is 0.0317. The largest absolute Gasteiger partial charge is 0.464 e. The van der Waals surface area contributed by atoms with E-state index in [2.05, 4.69) is 4.98 Å². The number of hydrogen-bond donors (Lipinski definition) is 0. The van der Waals surface area contributed by atoms with Crippen LogP contribution in [-0.4, -0.2) is 41.0 Å². The average Bonchev–Trinajstić information content (AvgIpc) is 2.48. The molecular weight excluding hydrogens is 256 g/mol. The second-order valence-electron chi connectivity index (χ2n) is 4.89. The van der Waals surface area contributed by atoms with E-state index >= 15 is 0 Å². The summed E-state index contributed by atoms with van der Waals surface area (Å²) in [6.07, 6.45) is 6.23. The Hall–Kier alpha value is -1.91. The summed E-state index contributed by atoms with van der Waals surface area (Å²) in [5.41, 5.74) is 0.866. The fourth-order valence-corrected chi connectivity index (χ4v) is 2.49. The number of esters is 1.